The Morgan fingerprint density at radius 3 is 2.02 bits per heavy atom. The second-order valence-electron chi connectivity index (χ2n) is 15.3. The third-order valence-corrected chi connectivity index (χ3v) is 10.9. The summed E-state index contributed by atoms with van der Waals surface area (Å²) in [6, 6.07) is 7.96. The van der Waals surface area contributed by atoms with Crippen LogP contribution in [0.2, 0.25) is 0 Å². The molecule has 9 heteroatoms. The highest BCUT2D eigenvalue weighted by atomic mass is 17.3. The first-order valence-electron chi connectivity index (χ1n) is 16.7. The van der Waals surface area contributed by atoms with Crippen molar-refractivity contribution in [2.75, 3.05) is 0 Å². The highest BCUT2D eigenvalue weighted by Gasteiger charge is 2.67. The van der Waals surface area contributed by atoms with Gasteiger partial charge in [0.15, 0.2) is 0 Å². The van der Waals surface area contributed by atoms with Crippen molar-refractivity contribution in [1.29, 1.82) is 0 Å². The zero-order valence-corrected chi connectivity index (χ0v) is 25.9. The topological polar surface area (TPSA) is 104 Å². The summed E-state index contributed by atoms with van der Waals surface area (Å²) in [4.78, 5) is 37.1. The van der Waals surface area contributed by atoms with Gasteiger partial charge in [-0.15, -0.1) is 0 Å². The van der Waals surface area contributed by atoms with Crippen molar-refractivity contribution in [3.05, 3.63) is 29.8 Å². The first-order valence-corrected chi connectivity index (χ1v) is 16.7. The maximum absolute atomic E-state index is 12.6. The molecule has 1 aliphatic heterocycles. The molecule has 236 valence electrons. The Morgan fingerprint density at radius 1 is 0.814 bits per heavy atom. The van der Waals surface area contributed by atoms with Crippen LogP contribution >= 0.6 is 0 Å². The van der Waals surface area contributed by atoms with Crippen LogP contribution in [0.1, 0.15) is 116 Å². The molecule has 6 saturated carbocycles. The zero-order chi connectivity index (χ0) is 29.8. The standard InChI is InChI=1S/C34H48N2O7/c1-32(2,3)40-31(38)36-28-10-8-27(9-11-28)35-30(37)39-29-12-6-23(7-13-29)24-5-4-14-33(20-24)41-34(43-42-33)25-16-21-15-22(18-25)19-26(34)17-21/h6-7,12-13,21-22,24-28H,4-5,8-11,14-20H2,1-3H3,(H,35,37)(H,36,38). The fourth-order valence-electron chi connectivity index (χ4n) is 9.23. The molecule has 7 aliphatic rings. The smallest absolute Gasteiger partial charge is 0.412 e. The van der Waals surface area contributed by atoms with E-state index < -0.39 is 29.4 Å². The minimum absolute atomic E-state index is 0.0216. The van der Waals surface area contributed by atoms with Gasteiger partial charge in [-0.3, -0.25) is 0 Å². The Morgan fingerprint density at radius 2 is 1.42 bits per heavy atom. The average molecular weight is 597 g/mol. The number of hydrogen-bond acceptors (Lipinski definition) is 7. The van der Waals surface area contributed by atoms with Gasteiger partial charge in [0.1, 0.15) is 11.4 Å². The third-order valence-electron chi connectivity index (χ3n) is 10.9. The Labute approximate surface area is 255 Å². The van der Waals surface area contributed by atoms with Crippen LogP contribution in [0.15, 0.2) is 24.3 Å². The molecule has 0 aromatic heterocycles. The molecular weight excluding hydrogens is 548 g/mol. The molecule has 2 amide bonds. The van der Waals surface area contributed by atoms with Crippen molar-refractivity contribution >= 4 is 12.2 Å². The molecule has 1 aromatic carbocycles. The number of nitrogens with one attached hydrogen (secondary N) is 2. The second-order valence-corrected chi connectivity index (χ2v) is 15.3. The number of amides is 2. The van der Waals surface area contributed by atoms with Gasteiger partial charge in [0.25, 0.3) is 0 Å². The molecule has 43 heavy (non-hydrogen) atoms. The maximum Gasteiger partial charge on any atom is 0.412 e. The van der Waals surface area contributed by atoms with Gasteiger partial charge in [0, 0.05) is 36.8 Å². The monoisotopic (exact) mass is 596 g/mol. The van der Waals surface area contributed by atoms with Crippen molar-refractivity contribution in [3.8, 4) is 5.75 Å². The van der Waals surface area contributed by atoms with Gasteiger partial charge >= 0.3 is 12.2 Å². The lowest BCUT2D eigenvalue weighted by atomic mass is 9.53. The van der Waals surface area contributed by atoms with Gasteiger partial charge in [0.2, 0.25) is 11.6 Å². The fourth-order valence-corrected chi connectivity index (χ4v) is 9.23. The van der Waals surface area contributed by atoms with E-state index in [2.05, 4.69) is 22.8 Å². The van der Waals surface area contributed by atoms with Crippen LogP contribution in [0.4, 0.5) is 9.59 Å². The predicted octanol–water partition coefficient (Wildman–Crippen LogP) is 7.10. The van der Waals surface area contributed by atoms with Gasteiger partial charge in [-0.05, 0) is 127 Å². The van der Waals surface area contributed by atoms with E-state index in [4.69, 9.17) is 24.0 Å². The Balaban J connectivity index is 0.888. The van der Waals surface area contributed by atoms with Crippen molar-refractivity contribution < 1.29 is 33.6 Å². The SMILES string of the molecule is CC(C)(C)OC(=O)NC1CCC(NC(=O)Oc2ccc(C3CCCC4(C3)OOC3(O4)C4CC5CC(C4)CC3C5)cc2)CC1. The normalized spacial score (nSPS) is 40.0. The highest BCUT2D eigenvalue weighted by molar-refractivity contribution is 5.71. The minimum atomic E-state index is -0.658. The summed E-state index contributed by atoms with van der Waals surface area (Å²) in [5.41, 5.74) is 0.690. The van der Waals surface area contributed by atoms with Gasteiger partial charge in [-0.1, -0.05) is 12.1 Å². The second kappa shape index (κ2) is 11.2. The molecule has 1 heterocycles. The summed E-state index contributed by atoms with van der Waals surface area (Å²) in [6.45, 7) is 5.55. The highest BCUT2D eigenvalue weighted by Crippen LogP contribution is 2.64. The fraction of sp³-hybridized carbons (Fsp3) is 0.765. The maximum atomic E-state index is 12.6. The Bertz CT molecular complexity index is 1160. The largest absolute Gasteiger partial charge is 0.444 e. The van der Waals surface area contributed by atoms with E-state index in [1.165, 1.54) is 37.7 Å². The molecule has 2 atom stereocenters. The van der Waals surface area contributed by atoms with Crippen LogP contribution in [0.25, 0.3) is 0 Å². The lowest BCUT2D eigenvalue weighted by molar-refractivity contribution is -0.390. The Hall–Kier alpha value is -2.36. The van der Waals surface area contributed by atoms with Crippen molar-refractivity contribution in [2.45, 2.75) is 139 Å². The van der Waals surface area contributed by atoms with Crippen molar-refractivity contribution in [2.24, 2.45) is 23.7 Å². The van der Waals surface area contributed by atoms with Gasteiger partial charge in [0.05, 0.1) is 0 Å². The van der Waals surface area contributed by atoms with E-state index in [9.17, 15) is 9.59 Å². The molecule has 6 aliphatic carbocycles. The zero-order valence-electron chi connectivity index (χ0n) is 25.9. The number of hydrogen-bond donors (Lipinski definition) is 2. The van der Waals surface area contributed by atoms with E-state index in [0.29, 0.717) is 23.5 Å². The quantitative estimate of drug-likeness (QED) is 0.358. The number of carbonyl (C=O) groups excluding carboxylic acids is 2. The molecule has 9 nitrogen and oxygen atoms in total. The van der Waals surface area contributed by atoms with Crippen LogP contribution in [0.3, 0.4) is 0 Å². The molecule has 8 rings (SSSR count). The molecule has 1 saturated heterocycles. The van der Waals surface area contributed by atoms with Crippen LogP contribution in [0.5, 0.6) is 5.75 Å². The number of benzene rings is 1. The molecule has 2 spiro atoms. The number of carbonyl (C=O) groups is 2. The molecule has 4 bridgehead atoms. The van der Waals surface area contributed by atoms with E-state index >= 15 is 0 Å². The summed E-state index contributed by atoms with van der Waals surface area (Å²) in [7, 11) is 0. The van der Waals surface area contributed by atoms with Crippen LogP contribution < -0.4 is 15.4 Å². The van der Waals surface area contributed by atoms with Crippen molar-refractivity contribution in [1.82, 2.24) is 10.6 Å². The lowest BCUT2D eigenvalue weighted by Crippen LogP contribution is -2.59. The van der Waals surface area contributed by atoms with E-state index in [0.717, 1.165) is 63.2 Å². The number of alkyl carbamates (subject to hydrolysis) is 1. The van der Waals surface area contributed by atoms with Crippen LogP contribution in [0, 0.1) is 23.7 Å². The average Bonchev–Trinajstić information content (AvgIpc) is 3.31. The van der Waals surface area contributed by atoms with Crippen LogP contribution in [-0.2, 0) is 19.2 Å². The molecule has 1 aromatic rings. The molecule has 7 fully saturated rings. The summed E-state index contributed by atoms with van der Waals surface area (Å²) in [5.74, 6) is 2.27. The molecule has 0 radical (unpaired) electrons. The molecule has 2 unspecified atom stereocenters. The predicted molar refractivity (Wildman–Crippen MR) is 158 cm³/mol. The number of rotatable bonds is 4. The van der Waals surface area contributed by atoms with Gasteiger partial charge < -0.3 is 24.8 Å². The summed E-state index contributed by atoms with van der Waals surface area (Å²) in [5, 5.41) is 5.93. The summed E-state index contributed by atoms with van der Waals surface area (Å²) in [6.07, 6.45) is 12.3. The van der Waals surface area contributed by atoms with E-state index in [1.54, 1.807) is 0 Å². The first kappa shape index (κ1) is 29.4. The molecular formula is C34H48N2O7. The van der Waals surface area contributed by atoms with E-state index in [1.807, 2.05) is 32.9 Å². The number of ether oxygens (including phenoxy) is 3. The minimum Gasteiger partial charge on any atom is -0.444 e. The third kappa shape index (κ3) is 6.14. The molecule has 2 N–H and O–H groups in total. The summed E-state index contributed by atoms with van der Waals surface area (Å²) >= 11 is 0. The Kier molecular flexibility index (Phi) is 7.66. The van der Waals surface area contributed by atoms with E-state index in [-0.39, 0.29) is 12.1 Å². The first-order chi connectivity index (χ1) is 20.6. The lowest BCUT2D eigenvalue weighted by Gasteiger charge is -2.57. The van der Waals surface area contributed by atoms with Crippen molar-refractivity contribution in [3.63, 3.8) is 0 Å². The van der Waals surface area contributed by atoms with Gasteiger partial charge in [-0.2, -0.15) is 9.78 Å². The van der Waals surface area contributed by atoms with Crippen LogP contribution in [-0.4, -0.2) is 41.4 Å². The van der Waals surface area contributed by atoms with Gasteiger partial charge in [-0.25, -0.2) is 9.59 Å². The summed E-state index contributed by atoms with van der Waals surface area (Å²) < 4.78 is 17.9.